The number of H-pyrrole nitrogens is 1. The van der Waals surface area contributed by atoms with E-state index in [0.717, 1.165) is 16.6 Å². The van der Waals surface area contributed by atoms with E-state index in [4.69, 9.17) is 21.1 Å². The molecule has 0 saturated heterocycles. The molecular weight excluding hydrogens is 470 g/mol. The quantitative estimate of drug-likeness (QED) is 0.273. The molecule has 2 heterocycles. The zero-order chi connectivity index (χ0) is 24.4. The summed E-state index contributed by atoms with van der Waals surface area (Å²) in [4.78, 5) is 27.1. The number of nitro benzene ring substituents is 1. The first kappa shape index (κ1) is 22.7. The van der Waals surface area contributed by atoms with E-state index in [1.54, 1.807) is 18.3 Å². The first-order valence-electron chi connectivity index (χ1n) is 11.1. The SMILES string of the molecule is O=C(C[C@H](c1cccc(Cl)c1)c1c[nH]c2ccc([N+](=O)[O-])cc12)NC[C@@H]1COc2ccccc2O1. The fourth-order valence-electron chi connectivity index (χ4n) is 4.31. The first-order valence-corrected chi connectivity index (χ1v) is 11.5. The van der Waals surface area contributed by atoms with Crippen molar-refractivity contribution in [3.8, 4) is 11.5 Å². The van der Waals surface area contributed by atoms with Crippen molar-refractivity contribution in [2.75, 3.05) is 13.2 Å². The van der Waals surface area contributed by atoms with Crippen LogP contribution >= 0.6 is 11.6 Å². The van der Waals surface area contributed by atoms with Crippen molar-refractivity contribution in [3.63, 3.8) is 0 Å². The van der Waals surface area contributed by atoms with E-state index < -0.39 is 4.92 Å². The number of amides is 1. The normalized spacial score (nSPS) is 15.5. The van der Waals surface area contributed by atoms with E-state index in [9.17, 15) is 14.9 Å². The molecule has 35 heavy (non-hydrogen) atoms. The van der Waals surface area contributed by atoms with Gasteiger partial charge in [0.05, 0.1) is 11.5 Å². The number of hydrogen-bond donors (Lipinski definition) is 2. The number of benzene rings is 3. The van der Waals surface area contributed by atoms with Crippen molar-refractivity contribution in [1.82, 2.24) is 10.3 Å². The van der Waals surface area contributed by atoms with Crippen molar-refractivity contribution in [3.05, 3.63) is 99.2 Å². The molecule has 2 atom stereocenters. The standard InChI is InChI=1S/C26H22ClN3O5/c27-17-5-3-4-16(10-17)20(22-14-28-23-9-8-18(30(32)33)11-21(22)23)12-26(31)29-13-19-15-34-24-6-1-2-7-25(24)35-19/h1-11,14,19-20,28H,12-13,15H2,(H,29,31)/t19-,20-/m1/s1. The smallest absolute Gasteiger partial charge is 0.270 e. The minimum absolute atomic E-state index is 0.0117. The molecule has 1 aliphatic heterocycles. The minimum atomic E-state index is -0.429. The van der Waals surface area contributed by atoms with E-state index in [-0.39, 0.29) is 36.6 Å². The predicted octanol–water partition coefficient (Wildman–Crippen LogP) is 5.21. The molecule has 9 heteroatoms. The molecule has 0 aliphatic carbocycles. The molecule has 2 N–H and O–H groups in total. The maximum absolute atomic E-state index is 13.0. The number of fused-ring (bicyclic) bond motifs is 2. The molecule has 0 saturated carbocycles. The van der Waals surface area contributed by atoms with Crippen LogP contribution in [-0.4, -0.2) is 35.1 Å². The number of aromatic nitrogens is 1. The molecule has 4 aromatic rings. The Kier molecular flexibility index (Phi) is 6.29. The number of aromatic amines is 1. The summed E-state index contributed by atoms with van der Waals surface area (Å²) in [6, 6.07) is 19.4. The van der Waals surface area contributed by atoms with E-state index in [0.29, 0.717) is 28.5 Å². The number of rotatable bonds is 7. The molecule has 8 nitrogen and oxygen atoms in total. The second-order valence-corrected chi connectivity index (χ2v) is 8.78. The van der Waals surface area contributed by atoms with Crippen LogP contribution in [0.3, 0.4) is 0 Å². The molecule has 0 spiro atoms. The van der Waals surface area contributed by atoms with Crippen LogP contribution in [0.25, 0.3) is 10.9 Å². The maximum atomic E-state index is 13.0. The summed E-state index contributed by atoms with van der Waals surface area (Å²) in [6.45, 7) is 0.621. The van der Waals surface area contributed by atoms with E-state index in [2.05, 4.69) is 10.3 Å². The molecule has 5 rings (SSSR count). The van der Waals surface area contributed by atoms with Gasteiger partial charge in [-0.1, -0.05) is 35.9 Å². The molecule has 178 valence electrons. The average molecular weight is 492 g/mol. The third-order valence-electron chi connectivity index (χ3n) is 6.02. The first-order chi connectivity index (χ1) is 17.0. The highest BCUT2D eigenvalue weighted by Crippen LogP contribution is 2.36. The monoisotopic (exact) mass is 491 g/mol. The second kappa shape index (κ2) is 9.68. The summed E-state index contributed by atoms with van der Waals surface area (Å²) in [5, 5.41) is 15.5. The minimum Gasteiger partial charge on any atom is -0.486 e. The zero-order valence-corrected chi connectivity index (χ0v) is 19.3. The maximum Gasteiger partial charge on any atom is 0.270 e. The number of nitro groups is 1. The van der Waals surface area contributed by atoms with Gasteiger partial charge in [0.1, 0.15) is 12.7 Å². The fraction of sp³-hybridized carbons (Fsp3) is 0.192. The Morgan fingerprint density at radius 3 is 2.77 bits per heavy atom. The Bertz CT molecular complexity index is 1400. The van der Waals surface area contributed by atoms with Gasteiger partial charge in [-0.15, -0.1) is 0 Å². The number of carbonyl (C=O) groups excluding carboxylic acids is 1. The molecule has 0 radical (unpaired) electrons. The highest BCUT2D eigenvalue weighted by Gasteiger charge is 2.25. The number of hydrogen-bond acceptors (Lipinski definition) is 5. The highest BCUT2D eigenvalue weighted by atomic mass is 35.5. The molecule has 0 bridgehead atoms. The van der Waals surface area contributed by atoms with Crippen LogP contribution in [0.4, 0.5) is 5.69 Å². The lowest BCUT2D eigenvalue weighted by atomic mass is 9.88. The number of halogens is 1. The molecule has 1 aromatic heterocycles. The highest BCUT2D eigenvalue weighted by molar-refractivity contribution is 6.30. The number of non-ortho nitro benzene ring substituents is 1. The van der Waals surface area contributed by atoms with Gasteiger partial charge in [0.25, 0.3) is 5.69 Å². The lowest BCUT2D eigenvalue weighted by Crippen LogP contribution is -2.41. The van der Waals surface area contributed by atoms with Crippen LogP contribution in [0, 0.1) is 10.1 Å². The van der Waals surface area contributed by atoms with Gasteiger partial charge in [-0.05, 0) is 41.5 Å². The van der Waals surface area contributed by atoms with Gasteiger partial charge in [0, 0.05) is 46.6 Å². The third kappa shape index (κ3) is 4.93. The molecular formula is C26H22ClN3O5. The molecule has 0 fully saturated rings. The van der Waals surface area contributed by atoms with Crippen molar-refractivity contribution in [2.24, 2.45) is 0 Å². The lowest BCUT2D eigenvalue weighted by molar-refractivity contribution is -0.384. The van der Waals surface area contributed by atoms with Gasteiger partial charge in [-0.2, -0.15) is 0 Å². The second-order valence-electron chi connectivity index (χ2n) is 8.34. The lowest BCUT2D eigenvalue weighted by Gasteiger charge is -2.26. The Morgan fingerprint density at radius 2 is 1.97 bits per heavy atom. The molecule has 1 aliphatic rings. The van der Waals surface area contributed by atoms with Crippen LogP contribution in [0.1, 0.15) is 23.5 Å². The van der Waals surface area contributed by atoms with Crippen LogP contribution in [0.15, 0.2) is 72.9 Å². The van der Waals surface area contributed by atoms with Gasteiger partial charge >= 0.3 is 0 Å². The van der Waals surface area contributed by atoms with Crippen LogP contribution in [0.5, 0.6) is 11.5 Å². The number of ether oxygens (including phenoxy) is 2. The zero-order valence-electron chi connectivity index (χ0n) is 18.6. The van der Waals surface area contributed by atoms with Gasteiger partial charge in [-0.25, -0.2) is 0 Å². The summed E-state index contributed by atoms with van der Waals surface area (Å²) < 4.78 is 11.6. The van der Waals surface area contributed by atoms with Crippen LogP contribution < -0.4 is 14.8 Å². The van der Waals surface area contributed by atoms with Gasteiger partial charge in [-0.3, -0.25) is 14.9 Å². The predicted molar refractivity (Wildman–Crippen MR) is 132 cm³/mol. The van der Waals surface area contributed by atoms with Crippen molar-refractivity contribution in [1.29, 1.82) is 0 Å². The Morgan fingerprint density at radius 1 is 1.14 bits per heavy atom. The van der Waals surface area contributed by atoms with E-state index in [1.165, 1.54) is 12.1 Å². The summed E-state index contributed by atoms with van der Waals surface area (Å²) in [5.74, 6) is 0.783. The summed E-state index contributed by atoms with van der Waals surface area (Å²) in [6.07, 6.45) is 1.61. The number of para-hydroxylation sites is 2. The molecule has 1 amide bonds. The van der Waals surface area contributed by atoms with Gasteiger partial charge in [0.2, 0.25) is 5.91 Å². The van der Waals surface area contributed by atoms with Crippen molar-refractivity contribution in [2.45, 2.75) is 18.4 Å². The van der Waals surface area contributed by atoms with E-state index >= 15 is 0 Å². The largest absolute Gasteiger partial charge is 0.486 e. The van der Waals surface area contributed by atoms with Gasteiger partial charge < -0.3 is 19.8 Å². The number of nitrogens with zero attached hydrogens (tertiary/aromatic N) is 1. The topological polar surface area (TPSA) is 106 Å². The summed E-state index contributed by atoms with van der Waals surface area (Å²) >= 11 is 6.25. The van der Waals surface area contributed by atoms with Crippen molar-refractivity contribution < 1.29 is 19.2 Å². The van der Waals surface area contributed by atoms with Crippen LogP contribution in [-0.2, 0) is 4.79 Å². The third-order valence-corrected chi connectivity index (χ3v) is 6.25. The van der Waals surface area contributed by atoms with Crippen molar-refractivity contribution >= 4 is 34.1 Å². The fourth-order valence-corrected chi connectivity index (χ4v) is 4.51. The Labute approximate surface area is 206 Å². The summed E-state index contributed by atoms with van der Waals surface area (Å²) in [7, 11) is 0. The summed E-state index contributed by atoms with van der Waals surface area (Å²) in [5.41, 5.74) is 2.37. The van der Waals surface area contributed by atoms with E-state index in [1.807, 2.05) is 42.5 Å². The molecule has 3 aromatic carbocycles. The Balaban J connectivity index is 1.37. The number of carbonyl (C=O) groups is 1. The van der Waals surface area contributed by atoms with Crippen LogP contribution in [0.2, 0.25) is 5.02 Å². The Hall–Kier alpha value is -4.04. The number of nitrogens with one attached hydrogen (secondary N) is 2. The van der Waals surface area contributed by atoms with Gasteiger partial charge in [0.15, 0.2) is 11.5 Å². The average Bonchev–Trinajstić information content (AvgIpc) is 3.29. The molecule has 0 unspecified atom stereocenters.